The maximum atomic E-state index is 11.8. The maximum Gasteiger partial charge on any atom is 0.225 e. The van der Waals surface area contributed by atoms with Crippen molar-refractivity contribution in [2.45, 2.75) is 26.7 Å². The molecule has 0 unspecified atom stereocenters. The summed E-state index contributed by atoms with van der Waals surface area (Å²) < 4.78 is 0. The molecule has 1 amide bonds. The van der Waals surface area contributed by atoms with Crippen LogP contribution in [-0.2, 0) is 17.6 Å². The number of nitrogens with zero attached hydrogens (tertiary/aromatic N) is 1. The van der Waals surface area contributed by atoms with Gasteiger partial charge in [-0.1, -0.05) is 30.3 Å². The molecule has 19 heavy (non-hydrogen) atoms. The molecular weight excluding hydrogens is 256 g/mol. The summed E-state index contributed by atoms with van der Waals surface area (Å²) in [6.45, 7) is 4.60. The van der Waals surface area contributed by atoms with Gasteiger partial charge in [0.05, 0.1) is 17.1 Å². The summed E-state index contributed by atoms with van der Waals surface area (Å²) in [5.41, 5.74) is 2.22. The minimum Gasteiger partial charge on any atom is -0.355 e. The van der Waals surface area contributed by atoms with E-state index in [1.54, 1.807) is 11.3 Å². The fourth-order valence-corrected chi connectivity index (χ4v) is 2.87. The minimum absolute atomic E-state index is 0.0719. The van der Waals surface area contributed by atoms with Crippen molar-refractivity contribution in [2.75, 3.05) is 6.54 Å². The maximum absolute atomic E-state index is 11.8. The SMILES string of the molecule is Cc1nc(C)c(CC(=O)NCCc2ccccc2)s1. The third-order valence-electron chi connectivity index (χ3n) is 2.90. The Hall–Kier alpha value is -1.68. The van der Waals surface area contributed by atoms with Crippen LogP contribution >= 0.6 is 11.3 Å². The lowest BCUT2D eigenvalue weighted by molar-refractivity contribution is -0.120. The van der Waals surface area contributed by atoms with E-state index in [-0.39, 0.29) is 5.91 Å². The molecule has 0 aliphatic heterocycles. The molecule has 1 heterocycles. The average molecular weight is 274 g/mol. The molecule has 1 aromatic heterocycles. The largest absolute Gasteiger partial charge is 0.355 e. The number of amides is 1. The molecule has 0 aliphatic carbocycles. The normalized spacial score (nSPS) is 10.4. The van der Waals surface area contributed by atoms with E-state index in [1.807, 2.05) is 32.0 Å². The first-order chi connectivity index (χ1) is 9.15. The Morgan fingerprint density at radius 1 is 1.26 bits per heavy atom. The smallest absolute Gasteiger partial charge is 0.225 e. The van der Waals surface area contributed by atoms with Crippen LogP contribution in [0.1, 0.15) is 21.1 Å². The first kappa shape index (κ1) is 13.7. The van der Waals surface area contributed by atoms with Gasteiger partial charge in [-0.3, -0.25) is 4.79 Å². The topological polar surface area (TPSA) is 42.0 Å². The number of thiazole rings is 1. The predicted octanol–water partition coefficient (Wildman–Crippen LogP) is 2.66. The molecular formula is C15H18N2OS. The molecule has 0 saturated heterocycles. The van der Waals surface area contributed by atoms with Gasteiger partial charge in [-0.25, -0.2) is 4.98 Å². The van der Waals surface area contributed by atoms with E-state index in [0.717, 1.165) is 22.0 Å². The van der Waals surface area contributed by atoms with E-state index < -0.39 is 0 Å². The molecule has 2 rings (SSSR count). The molecule has 100 valence electrons. The third-order valence-corrected chi connectivity index (χ3v) is 3.97. The van der Waals surface area contributed by atoms with Gasteiger partial charge in [-0.15, -0.1) is 11.3 Å². The van der Waals surface area contributed by atoms with Gasteiger partial charge in [0.1, 0.15) is 0 Å². The molecule has 0 aliphatic rings. The standard InChI is InChI=1S/C15H18N2OS/c1-11-14(19-12(2)17-11)10-15(18)16-9-8-13-6-4-3-5-7-13/h3-7H,8-10H2,1-2H3,(H,16,18). The molecule has 0 bridgehead atoms. The van der Waals surface area contributed by atoms with Crippen molar-refractivity contribution in [3.05, 3.63) is 51.5 Å². The molecule has 0 saturated carbocycles. The van der Waals surface area contributed by atoms with Crippen LogP contribution in [0.3, 0.4) is 0 Å². The summed E-state index contributed by atoms with van der Waals surface area (Å²) in [7, 11) is 0. The van der Waals surface area contributed by atoms with Gasteiger partial charge in [-0.2, -0.15) is 0 Å². The lowest BCUT2D eigenvalue weighted by atomic mass is 10.1. The Kier molecular flexibility index (Phi) is 4.68. The molecule has 4 heteroatoms. The highest BCUT2D eigenvalue weighted by Crippen LogP contribution is 2.17. The van der Waals surface area contributed by atoms with Crippen LogP contribution in [0.4, 0.5) is 0 Å². The number of benzene rings is 1. The van der Waals surface area contributed by atoms with Gasteiger partial charge in [0.25, 0.3) is 0 Å². The quantitative estimate of drug-likeness (QED) is 0.910. The number of aryl methyl sites for hydroxylation is 2. The number of carbonyl (C=O) groups is 1. The van der Waals surface area contributed by atoms with E-state index in [9.17, 15) is 4.79 Å². The van der Waals surface area contributed by atoms with Crippen LogP contribution in [0, 0.1) is 13.8 Å². The van der Waals surface area contributed by atoms with Gasteiger partial charge < -0.3 is 5.32 Å². The van der Waals surface area contributed by atoms with Crippen molar-refractivity contribution < 1.29 is 4.79 Å². The second kappa shape index (κ2) is 6.48. The molecule has 0 radical (unpaired) electrons. The predicted molar refractivity (Wildman–Crippen MR) is 78.4 cm³/mol. The Labute approximate surface area is 117 Å². The second-order valence-electron chi connectivity index (χ2n) is 4.50. The first-order valence-corrected chi connectivity index (χ1v) is 7.20. The van der Waals surface area contributed by atoms with Crippen molar-refractivity contribution >= 4 is 17.2 Å². The highest BCUT2D eigenvalue weighted by molar-refractivity contribution is 7.11. The zero-order valence-corrected chi connectivity index (χ0v) is 12.1. The number of hydrogen-bond donors (Lipinski definition) is 1. The third kappa shape index (κ3) is 4.17. The Bertz CT molecular complexity index is 549. The highest BCUT2D eigenvalue weighted by Gasteiger charge is 2.09. The lowest BCUT2D eigenvalue weighted by Crippen LogP contribution is -2.27. The van der Waals surface area contributed by atoms with Crippen LogP contribution in [0.5, 0.6) is 0 Å². The summed E-state index contributed by atoms with van der Waals surface area (Å²) in [6.07, 6.45) is 1.30. The molecule has 0 fully saturated rings. The van der Waals surface area contributed by atoms with E-state index in [4.69, 9.17) is 0 Å². The van der Waals surface area contributed by atoms with E-state index >= 15 is 0 Å². The number of aromatic nitrogens is 1. The van der Waals surface area contributed by atoms with Gasteiger partial charge in [-0.05, 0) is 25.8 Å². The van der Waals surface area contributed by atoms with Gasteiger partial charge >= 0.3 is 0 Å². The highest BCUT2D eigenvalue weighted by atomic mass is 32.1. The molecule has 1 aromatic carbocycles. The van der Waals surface area contributed by atoms with Gasteiger partial charge in [0, 0.05) is 11.4 Å². The van der Waals surface area contributed by atoms with Crippen molar-refractivity contribution in [2.24, 2.45) is 0 Å². The van der Waals surface area contributed by atoms with Crippen LogP contribution in [0.2, 0.25) is 0 Å². The first-order valence-electron chi connectivity index (χ1n) is 6.38. The molecule has 2 aromatic rings. The van der Waals surface area contributed by atoms with Crippen LogP contribution in [0.15, 0.2) is 30.3 Å². The van der Waals surface area contributed by atoms with Crippen LogP contribution < -0.4 is 5.32 Å². The van der Waals surface area contributed by atoms with Crippen molar-refractivity contribution in [3.8, 4) is 0 Å². The molecule has 1 N–H and O–H groups in total. The number of hydrogen-bond acceptors (Lipinski definition) is 3. The van der Waals surface area contributed by atoms with E-state index in [2.05, 4.69) is 22.4 Å². The summed E-state index contributed by atoms with van der Waals surface area (Å²) >= 11 is 1.60. The zero-order chi connectivity index (χ0) is 13.7. The van der Waals surface area contributed by atoms with Crippen LogP contribution in [-0.4, -0.2) is 17.4 Å². The summed E-state index contributed by atoms with van der Waals surface area (Å²) in [5.74, 6) is 0.0719. The number of carbonyl (C=O) groups excluding carboxylic acids is 1. The number of rotatable bonds is 5. The second-order valence-corrected chi connectivity index (χ2v) is 5.79. The molecule has 0 atom stereocenters. The summed E-state index contributed by atoms with van der Waals surface area (Å²) in [6, 6.07) is 10.2. The van der Waals surface area contributed by atoms with Crippen LogP contribution in [0.25, 0.3) is 0 Å². The van der Waals surface area contributed by atoms with E-state index in [0.29, 0.717) is 13.0 Å². The summed E-state index contributed by atoms with van der Waals surface area (Å²) in [4.78, 5) is 17.2. The zero-order valence-electron chi connectivity index (χ0n) is 11.3. The van der Waals surface area contributed by atoms with Crippen molar-refractivity contribution in [1.29, 1.82) is 0 Å². The molecule has 3 nitrogen and oxygen atoms in total. The average Bonchev–Trinajstić information content (AvgIpc) is 2.69. The Morgan fingerprint density at radius 2 is 2.00 bits per heavy atom. The molecule has 0 spiro atoms. The minimum atomic E-state index is 0.0719. The monoisotopic (exact) mass is 274 g/mol. The van der Waals surface area contributed by atoms with Gasteiger partial charge in [0.15, 0.2) is 0 Å². The van der Waals surface area contributed by atoms with E-state index in [1.165, 1.54) is 5.56 Å². The lowest BCUT2D eigenvalue weighted by Gasteiger charge is -2.04. The Balaban J connectivity index is 1.78. The van der Waals surface area contributed by atoms with Crippen molar-refractivity contribution in [3.63, 3.8) is 0 Å². The van der Waals surface area contributed by atoms with Crippen molar-refractivity contribution in [1.82, 2.24) is 10.3 Å². The number of nitrogens with one attached hydrogen (secondary N) is 1. The summed E-state index contributed by atoms with van der Waals surface area (Å²) in [5, 5.41) is 3.97. The van der Waals surface area contributed by atoms with Gasteiger partial charge in [0.2, 0.25) is 5.91 Å². The fourth-order valence-electron chi connectivity index (χ4n) is 1.94. The fraction of sp³-hybridized carbons (Fsp3) is 0.333. The Morgan fingerprint density at radius 3 is 2.63 bits per heavy atom.